The Hall–Kier alpha value is -0.630. The first kappa shape index (κ1) is 27.4. The molecule has 0 bridgehead atoms. The second-order valence-corrected chi connectivity index (χ2v) is 10.4. The van der Waals surface area contributed by atoms with Crippen LogP contribution in [0.3, 0.4) is 0 Å². The Balaban J connectivity index is 2.17. The lowest BCUT2D eigenvalue weighted by molar-refractivity contribution is 0.461. The molecule has 1 aromatic rings. The highest BCUT2D eigenvalue weighted by Gasteiger charge is 2.09. The van der Waals surface area contributed by atoms with Crippen LogP contribution in [0, 0.1) is 0 Å². The molecule has 0 aliphatic heterocycles. The predicted molar refractivity (Wildman–Crippen MR) is 137 cm³/mol. The second-order valence-electron chi connectivity index (χ2n) is 9.22. The number of phenols is 1. The van der Waals surface area contributed by atoms with Crippen LogP contribution in [0.5, 0.6) is 5.75 Å². The lowest BCUT2D eigenvalue weighted by Crippen LogP contribution is -1.95. The van der Waals surface area contributed by atoms with Gasteiger partial charge in [-0.25, -0.2) is 0 Å². The van der Waals surface area contributed by atoms with Gasteiger partial charge in [-0.05, 0) is 42.2 Å². The molecule has 1 nitrogen and oxygen atoms in total. The number of thioether (sulfide) groups is 1. The molecule has 0 amide bonds. The van der Waals surface area contributed by atoms with Crippen LogP contribution in [-0.2, 0) is 0 Å². The highest BCUT2D eigenvalue weighted by atomic mass is 32.2. The molecule has 0 saturated carbocycles. The summed E-state index contributed by atoms with van der Waals surface area (Å²) in [6.45, 7) is 6.90. The number of hydrogen-bond acceptors (Lipinski definition) is 2. The van der Waals surface area contributed by atoms with Crippen molar-refractivity contribution in [2.75, 3.05) is 5.75 Å². The summed E-state index contributed by atoms with van der Waals surface area (Å²) < 4.78 is 0. The molecule has 0 aromatic heterocycles. The summed E-state index contributed by atoms with van der Waals surface area (Å²) in [4.78, 5) is 1.08. The number of unbranched alkanes of at least 4 members (excludes halogenated alkanes) is 14. The van der Waals surface area contributed by atoms with Gasteiger partial charge in [0.2, 0.25) is 0 Å². The Kier molecular flexibility index (Phi) is 17.4. The summed E-state index contributed by atoms with van der Waals surface area (Å²) in [5.41, 5.74) is 1.40. The van der Waals surface area contributed by atoms with E-state index in [1.165, 1.54) is 115 Å². The van der Waals surface area contributed by atoms with Crippen LogP contribution < -0.4 is 0 Å². The normalized spacial score (nSPS) is 12.4. The Labute approximate surface area is 192 Å². The van der Waals surface area contributed by atoms with E-state index in [2.05, 4.69) is 32.9 Å². The van der Waals surface area contributed by atoms with Crippen LogP contribution in [0.4, 0.5) is 0 Å². The molecule has 0 fully saturated rings. The van der Waals surface area contributed by atoms with E-state index in [1.54, 1.807) is 0 Å². The molecule has 2 heteroatoms. The van der Waals surface area contributed by atoms with Gasteiger partial charge in [0.1, 0.15) is 5.75 Å². The molecule has 0 heterocycles. The molecular formula is C28H50OS. The summed E-state index contributed by atoms with van der Waals surface area (Å²) in [6, 6.07) is 6.29. The number of rotatable bonds is 20. The van der Waals surface area contributed by atoms with E-state index >= 15 is 0 Å². The number of hydrogen-bond donors (Lipinski definition) is 1. The third-order valence-corrected chi connectivity index (χ3v) is 7.43. The molecule has 1 aromatic carbocycles. The van der Waals surface area contributed by atoms with Gasteiger partial charge >= 0.3 is 0 Å². The van der Waals surface area contributed by atoms with E-state index in [0.29, 0.717) is 11.7 Å². The standard InChI is InChI=1S/C28H50OS/c1-4-6-8-10-12-13-14-15-17-19-23-30-28-24-26(21-22-27(28)29)25(3)20-18-16-11-9-7-5-2/h21-22,24-25,29H,4-20,23H2,1-3H3. The molecule has 0 aliphatic carbocycles. The highest BCUT2D eigenvalue weighted by molar-refractivity contribution is 7.99. The summed E-state index contributed by atoms with van der Waals surface area (Å²) in [7, 11) is 0. The number of phenolic OH excluding ortho intramolecular Hbond substituents is 1. The van der Waals surface area contributed by atoms with E-state index in [4.69, 9.17) is 0 Å². The number of aromatic hydroxyl groups is 1. The first-order valence-electron chi connectivity index (χ1n) is 13.1. The first-order valence-corrected chi connectivity index (χ1v) is 14.1. The third-order valence-electron chi connectivity index (χ3n) is 6.30. The summed E-state index contributed by atoms with van der Waals surface area (Å²) in [5, 5.41) is 10.3. The van der Waals surface area contributed by atoms with Crippen LogP contribution in [0.25, 0.3) is 0 Å². The maximum atomic E-state index is 10.3. The maximum absolute atomic E-state index is 10.3. The van der Waals surface area contributed by atoms with Gasteiger partial charge in [0.05, 0.1) is 0 Å². The predicted octanol–water partition coefficient (Wildman–Crippen LogP) is 10.3. The van der Waals surface area contributed by atoms with E-state index < -0.39 is 0 Å². The zero-order valence-corrected chi connectivity index (χ0v) is 21.2. The molecule has 174 valence electrons. The molecule has 1 atom stereocenters. The Morgan fingerprint density at radius 3 is 1.77 bits per heavy atom. The minimum absolute atomic E-state index is 0.461. The van der Waals surface area contributed by atoms with Gasteiger partial charge < -0.3 is 5.11 Å². The van der Waals surface area contributed by atoms with Gasteiger partial charge in [0.25, 0.3) is 0 Å². The monoisotopic (exact) mass is 434 g/mol. The molecule has 0 spiro atoms. The minimum atomic E-state index is 0.461. The molecule has 1 N–H and O–H groups in total. The van der Waals surface area contributed by atoms with Crippen LogP contribution in [0.2, 0.25) is 0 Å². The second kappa shape index (κ2) is 19.1. The van der Waals surface area contributed by atoms with Crippen LogP contribution in [0.1, 0.15) is 141 Å². The van der Waals surface area contributed by atoms with Gasteiger partial charge in [0.15, 0.2) is 0 Å². The first-order chi connectivity index (χ1) is 14.7. The average Bonchev–Trinajstić information content (AvgIpc) is 2.75. The van der Waals surface area contributed by atoms with Gasteiger partial charge in [-0.3, -0.25) is 0 Å². The molecule has 1 rings (SSSR count). The fraction of sp³-hybridized carbons (Fsp3) is 0.786. The van der Waals surface area contributed by atoms with Crippen molar-refractivity contribution in [3.63, 3.8) is 0 Å². The van der Waals surface area contributed by atoms with E-state index in [9.17, 15) is 5.11 Å². The zero-order valence-electron chi connectivity index (χ0n) is 20.4. The third kappa shape index (κ3) is 13.6. The molecule has 0 aliphatic rings. The summed E-state index contributed by atoms with van der Waals surface area (Å²) in [6.07, 6.45) is 23.2. The lowest BCUT2D eigenvalue weighted by atomic mass is 9.94. The summed E-state index contributed by atoms with van der Waals surface area (Å²) in [5.74, 6) is 2.18. The van der Waals surface area contributed by atoms with Crippen molar-refractivity contribution in [2.24, 2.45) is 0 Å². The van der Waals surface area contributed by atoms with E-state index in [-0.39, 0.29) is 0 Å². The molecule has 0 radical (unpaired) electrons. The van der Waals surface area contributed by atoms with Crippen molar-refractivity contribution in [1.29, 1.82) is 0 Å². The van der Waals surface area contributed by atoms with Crippen LogP contribution in [0.15, 0.2) is 23.1 Å². The fourth-order valence-electron chi connectivity index (χ4n) is 4.12. The summed E-state index contributed by atoms with van der Waals surface area (Å²) >= 11 is 1.84. The Morgan fingerprint density at radius 2 is 1.20 bits per heavy atom. The van der Waals surface area contributed by atoms with Crippen molar-refractivity contribution in [3.05, 3.63) is 23.8 Å². The van der Waals surface area contributed by atoms with Crippen LogP contribution in [-0.4, -0.2) is 10.9 Å². The van der Waals surface area contributed by atoms with Crippen molar-refractivity contribution in [2.45, 2.75) is 141 Å². The largest absolute Gasteiger partial charge is 0.507 e. The average molecular weight is 435 g/mol. The molecule has 0 saturated heterocycles. The SMILES string of the molecule is CCCCCCCCCCCCSc1cc(C(C)CCCCCCCC)ccc1O. The van der Waals surface area contributed by atoms with Crippen molar-refractivity contribution in [1.82, 2.24) is 0 Å². The lowest BCUT2D eigenvalue weighted by Gasteiger charge is -2.14. The minimum Gasteiger partial charge on any atom is -0.507 e. The van der Waals surface area contributed by atoms with E-state index in [1.807, 2.05) is 17.8 Å². The highest BCUT2D eigenvalue weighted by Crippen LogP contribution is 2.33. The maximum Gasteiger partial charge on any atom is 0.129 e. The topological polar surface area (TPSA) is 20.2 Å². The molecule has 30 heavy (non-hydrogen) atoms. The van der Waals surface area contributed by atoms with Gasteiger partial charge in [-0.2, -0.15) is 0 Å². The van der Waals surface area contributed by atoms with Crippen LogP contribution >= 0.6 is 11.8 Å². The van der Waals surface area contributed by atoms with Crippen molar-refractivity contribution in [3.8, 4) is 5.75 Å². The zero-order chi connectivity index (χ0) is 21.9. The molecular weight excluding hydrogens is 384 g/mol. The van der Waals surface area contributed by atoms with Gasteiger partial charge in [0, 0.05) is 4.90 Å². The number of benzene rings is 1. The fourth-order valence-corrected chi connectivity index (χ4v) is 5.13. The smallest absolute Gasteiger partial charge is 0.129 e. The molecule has 1 unspecified atom stereocenters. The van der Waals surface area contributed by atoms with Gasteiger partial charge in [-0.1, -0.05) is 123 Å². The quantitative estimate of drug-likeness (QED) is 0.163. The Bertz CT molecular complexity index is 513. The Morgan fingerprint density at radius 1 is 0.700 bits per heavy atom. The van der Waals surface area contributed by atoms with Gasteiger partial charge in [-0.15, -0.1) is 11.8 Å². The van der Waals surface area contributed by atoms with Crippen molar-refractivity contribution >= 4 is 11.8 Å². The van der Waals surface area contributed by atoms with Crippen molar-refractivity contribution < 1.29 is 5.11 Å². The van der Waals surface area contributed by atoms with E-state index in [0.717, 1.165) is 10.6 Å².